The molecule has 2 heteroatoms. The number of rotatable bonds is 1. The minimum atomic E-state index is 0.0347. The highest BCUT2D eigenvalue weighted by Gasteiger charge is 2.31. The van der Waals surface area contributed by atoms with E-state index in [-0.39, 0.29) is 5.54 Å². The van der Waals surface area contributed by atoms with E-state index in [1.54, 1.807) is 0 Å². The topological polar surface area (TPSA) is 38.0 Å². The normalized spacial score (nSPS) is 41.7. The van der Waals surface area contributed by atoms with Crippen molar-refractivity contribution < 1.29 is 0 Å². The fraction of sp³-hybridized carbons (Fsp3) is 1.00. The summed E-state index contributed by atoms with van der Waals surface area (Å²) in [6.07, 6.45) is 5.03. The van der Waals surface area contributed by atoms with Crippen LogP contribution in [0.2, 0.25) is 0 Å². The molecule has 2 nitrogen and oxygen atoms in total. The summed E-state index contributed by atoms with van der Waals surface area (Å²) in [4.78, 5) is 0. The third kappa shape index (κ3) is 1.50. The number of hydrogen-bond donors (Lipinski definition) is 2. The predicted octanol–water partition coefficient (Wildman–Crippen LogP) is 0.866. The van der Waals surface area contributed by atoms with Gasteiger partial charge >= 0.3 is 0 Å². The molecular weight excluding hydrogens is 124 g/mol. The van der Waals surface area contributed by atoms with E-state index in [0.29, 0.717) is 6.04 Å². The molecule has 0 radical (unpaired) electrons. The average Bonchev–Trinajstić information content (AvgIpc) is 1.87. The molecule has 0 aromatic heterocycles. The van der Waals surface area contributed by atoms with Gasteiger partial charge in [-0.1, -0.05) is 12.8 Å². The third-order valence-electron chi connectivity index (χ3n) is 2.60. The predicted molar refractivity (Wildman–Crippen MR) is 43.9 cm³/mol. The van der Waals surface area contributed by atoms with Gasteiger partial charge in [-0.2, -0.15) is 0 Å². The second-order valence-electron chi connectivity index (χ2n) is 3.59. The van der Waals surface area contributed by atoms with Crippen LogP contribution >= 0.6 is 0 Å². The Bertz CT molecular complexity index is 110. The fourth-order valence-electron chi connectivity index (χ4n) is 1.83. The minimum absolute atomic E-state index is 0.0347. The lowest BCUT2D eigenvalue weighted by atomic mass is 9.80. The molecule has 0 amide bonds. The lowest BCUT2D eigenvalue weighted by Gasteiger charge is -2.38. The van der Waals surface area contributed by atoms with Crippen LogP contribution in [0.15, 0.2) is 0 Å². The van der Waals surface area contributed by atoms with Gasteiger partial charge in [0.1, 0.15) is 0 Å². The van der Waals surface area contributed by atoms with Crippen LogP contribution in [0.25, 0.3) is 0 Å². The largest absolute Gasteiger partial charge is 0.324 e. The Morgan fingerprint density at radius 1 is 1.50 bits per heavy atom. The molecule has 0 aliphatic heterocycles. The smallest absolute Gasteiger partial charge is 0.0281 e. The Morgan fingerprint density at radius 2 is 2.20 bits per heavy atom. The van der Waals surface area contributed by atoms with Crippen molar-refractivity contribution in [1.29, 1.82) is 0 Å². The van der Waals surface area contributed by atoms with Crippen LogP contribution in [0.1, 0.15) is 32.6 Å². The van der Waals surface area contributed by atoms with Gasteiger partial charge in [-0.25, -0.2) is 0 Å². The van der Waals surface area contributed by atoms with E-state index in [9.17, 15) is 0 Å². The van der Waals surface area contributed by atoms with Crippen molar-refractivity contribution >= 4 is 0 Å². The Kier molecular flexibility index (Phi) is 2.32. The Labute approximate surface area is 63.2 Å². The van der Waals surface area contributed by atoms with Crippen molar-refractivity contribution in [2.75, 3.05) is 7.05 Å². The molecule has 3 N–H and O–H groups in total. The first-order chi connectivity index (χ1) is 4.67. The van der Waals surface area contributed by atoms with Crippen LogP contribution in [-0.2, 0) is 0 Å². The maximum absolute atomic E-state index is 6.07. The number of hydrogen-bond acceptors (Lipinski definition) is 2. The monoisotopic (exact) mass is 142 g/mol. The van der Waals surface area contributed by atoms with Crippen molar-refractivity contribution in [3.8, 4) is 0 Å². The Balaban J connectivity index is 2.51. The summed E-state index contributed by atoms with van der Waals surface area (Å²) >= 11 is 0. The molecule has 0 bridgehead atoms. The first kappa shape index (κ1) is 8.02. The summed E-state index contributed by atoms with van der Waals surface area (Å²) < 4.78 is 0. The maximum Gasteiger partial charge on any atom is 0.0281 e. The first-order valence-corrected chi connectivity index (χ1v) is 4.13. The molecule has 10 heavy (non-hydrogen) atoms. The number of nitrogens with two attached hydrogens (primary N) is 1. The summed E-state index contributed by atoms with van der Waals surface area (Å²) in [5.74, 6) is 0. The number of likely N-dealkylation sites (N-methyl/N-ethyl adjacent to an activating group) is 1. The second-order valence-corrected chi connectivity index (χ2v) is 3.59. The first-order valence-electron chi connectivity index (χ1n) is 4.13. The van der Waals surface area contributed by atoms with Gasteiger partial charge in [0, 0.05) is 11.6 Å². The van der Waals surface area contributed by atoms with Crippen LogP contribution < -0.4 is 11.1 Å². The molecule has 0 unspecified atom stereocenters. The Hall–Kier alpha value is -0.0800. The van der Waals surface area contributed by atoms with Crippen molar-refractivity contribution in [1.82, 2.24) is 5.32 Å². The lowest BCUT2D eigenvalue weighted by molar-refractivity contribution is 0.245. The van der Waals surface area contributed by atoms with Crippen LogP contribution in [0.5, 0.6) is 0 Å². The zero-order chi connectivity index (χ0) is 7.61. The zero-order valence-corrected chi connectivity index (χ0v) is 6.98. The summed E-state index contributed by atoms with van der Waals surface area (Å²) in [6.45, 7) is 2.15. The van der Waals surface area contributed by atoms with Crippen molar-refractivity contribution in [3.05, 3.63) is 0 Å². The van der Waals surface area contributed by atoms with E-state index < -0.39 is 0 Å². The molecule has 1 aliphatic carbocycles. The van der Waals surface area contributed by atoms with E-state index in [2.05, 4.69) is 12.2 Å². The standard InChI is InChI=1S/C8H18N2/c1-8(9)6-4-3-5-7(8)10-2/h7,10H,3-6,9H2,1-2H3/t7-,8-/m0/s1. The SMILES string of the molecule is CN[C@H]1CCCC[C@]1(C)N. The molecule has 1 rings (SSSR count). The molecule has 1 aliphatic rings. The summed E-state index contributed by atoms with van der Waals surface area (Å²) in [5, 5.41) is 3.27. The van der Waals surface area contributed by atoms with Crippen LogP contribution in [0, 0.1) is 0 Å². The molecule has 0 saturated heterocycles. The second kappa shape index (κ2) is 2.89. The third-order valence-corrected chi connectivity index (χ3v) is 2.60. The maximum atomic E-state index is 6.07. The highest BCUT2D eigenvalue weighted by Crippen LogP contribution is 2.25. The molecule has 2 atom stereocenters. The molecule has 0 heterocycles. The van der Waals surface area contributed by atoms with Gasteiger partial charge in [0.05, 0.1) is 0 Å². The van der Waals surface area contributed by atoms with E-state index in [0.717, 1.165) is 0 Å². The van der Waals surface area contributed by atoms with Crippen LogP contribution in [0.4, 0.5) is 0 Å². The molecule has 0 aromatic carbocycles. The van der Waals surface area contributed by atoms with Crippen LogP contribution in [0.3, 0.4) is 0 Å². The van der Waals surface area contributed by atoms with Gasteiger partial charge in [0.2, 0.25) is 0 Å². The van der Waals surface area contributed by atoms with E-state index in [1.807, 2.05) is 7.05 Å². The van der Waals surface area contributed by atoms with Gasteiger partial charge in [0.25, 0.3) is 0 Å². The highest BCUT2D eigenvalue weighted by molar-refractivity contribution is 4.94. The summed E-state index contributed by atoms with van der Waals surface area (Å²) in [6, 6.07) is 0.529. The van der Waals surface area contributed by atoms with Crippen molar-refractivity contribution in [2.24, 2.45) is 5.73 Å². The summed E-state index contributed by atoms with van der Waals surface area (Å²) in [7, 11) is 2.00. The number of nitrogens with one attached hydrogen (secondary N) is 1. The zero-order valence-electron chi connectivity index (χ0n) is 6.98. The quantitative estimate of drug-likeness (QED) is 0.570. The van der Waals surface area contributed by atoms with Gasteiger partial charge in [-0.15, -0.1) is 0 Å². The average molecular weight is 142 g/mol. The van der Waals surface area contributed by atoms with Gasteiger partial charge < -0.3 is 11.1 Å². The highest BCUT2D eigenvalue weighted by atomic mass is 15.0. The van der Waals surface area contributed by atoms with E-state index >= 15 is 0 Å². The molecule has 1 saturated carbocycles. The minimum Gasteiger partial charge on any atom is -0.324 e. The lowest BCUT2D eigenvalue weighted by Crippen LogP contribution is -2.55. The van der Waals surface area contributed by atoms with E-state index in [4.69, 9.17) is 5.73 Å². The summed E-state index contributed by atoms with van der Waals surface area (Å²) in [5.41, 5.74) is 6.10. The Morgan fingerprint density at radius 3 is 2.60 bits per heavy atom. The van der Waals surface area contributed by atoms with Crippen molar-refractivity contribution in [3.63, 3.8) is 0 Å². The molecule has 60 valence electrons. The van der Waals surface area contributed by atoms with Gasteiger partial charge in [0.15, 0.2) is 0 Å². The molecule has 1 fully saturated rings. The fourth-order valence-corrected chi connectivity index (χ4v) is 1.83. The van der Waals surface area contributed by atoms with Gasteiger partial charge in [-0.3, -0.25) is 0 Å². The molecular formula is C8H18N2. The van der Waals surface area contributed by atoms with Gasteiger partial charge in [-0.05, 0) is 26.8 Å². The van der Waals surface area contributed by atoms with Crippen LogP contribution in [-0.4, -0.2) is 18.6 Å². The van der Waals surface area contributed by atoms with E-state index in [1.165, 1.54) is 25.7 Å². The molecule has 0 spiro atoms. The van der Waals surface area contributed by atoms with Crippen molar-refractivity contribution in [2.45, 2.75) is 44.2 Å². The molecule has 0 aromatic rings.